The number of hydrogen-bond donors (Lipinski definition) is 2. The molecule has 0 aliphatic rings. The Labute approximate surface area is 179 Å². The Morgan fingerprint density at radius 1 is 1.22 bits per heavy atom. The van der Waals surface area contributed by atoms with E-state index in [0.717, 1.165) is 0 Å². The molecule has 0 fully saturated rings. The monoisotopic (exact) mass is 443 g/mol. The minimum Gasteiger partial charge on any atom is -0.492 e. The smallest absolute Gasteiger partial charge is 0.417 e. The summed E-state index contributed by atoms with van der Waals surface area (Å²) in [6.45, 7) is 1.79. The largest absolute Gasteiger partial charge is 0.492 e. The van der Waals surface area contributed by atoms with Gasteiger partial charge in [0, 0.05) is 24.7 Å². The van der Waals surface area contributed by atoms with Crippen molar-refractivity contribution >= 4 is 17.1 Å². The van der Waals surface area contributed by atoms with Crippen LogP contribution in [0, 0.1) is 6.92 Å². The molecule has 0 spiro atoms. The second-order valence-corrected chi connectivity index (χ2v) is 6.81. The first-order chi connectivity index (χ1) is 15.2. The first-order valence-corrected chi connectivity index (χ1v) is 9.31. The van der Waals surface area contributed by atoms with Gasteiger partial charge in [-0.3, -0.25) is 9.78 Å². The standard InChI is InChI=1S/C21H16F3N5O3/c1-12-18(20(31)27-16-8-13(21(22,23)24)10-26-19(16)30)17-9-15(5-7-29(17)28-12)32-11-14-4-2-3-6-25-14/h2-10H,11H2,1H3,(H,26,30)(H,27,31). The molecule has 4 heterocycles. The van der Waals surface area contributed by atoms with Crippen molar-refractivity contribution in [3.8, 4) is 11.6 Å². The van der Waals surface area contributed by atoms with E-state index in [-0.39, 0.29) is 12.2 Å². The van der Waals surface area contributed by atoms with Crippen LogP contribution in [0.2, 0.25) is 0 Å². The number of nitrogens with one attached hydrogen (secondary N) is 1. The van der Waals surface area contributed by atoms with Crippen LogP contribution in [0.3, 0.4) is 0 Å². The number of aromatic hydroxyl groups is 1. The van der Waals surface area contributed by atoms with Crippen LogP contribution < -0.4 is 10.1 Å². The number of aryl methyl sites for hydroxylation is 1. The average Bonchev–Trinajstić information content (AvgIpc) is 3.08. The number of amides is 1. The summed E-state index contributed by atoms with van der Waals surface area (Å²) in [7, 11) is 0. The van der Waals surface area contributed by atoms with E-state index >= 15 is 0 Å². The first-order valence-electron chi connectivity index (χ1n) is 9.31. The number of halogens is 3. The molecule has 2 N–H and O–H groups in total. The van der Waals surface area contributed by atoms with Gasteiger partial charge < -0.3 is 15.2 Å². The first kappa shape index (κ1) is 21.1. The lowest BCUT2D eigenvalue weighted by molar-refractivity contribution is -0.137. The normalized spacial score (nSPS) is 11.5. The van der Waals surface area contributed by atoms with Crippen LogP contribution in [0.4, 0.5) is 18.9 Å². The fraction of sp³-hybridized carbons (Fsp3) is 0.143. The third kappa shape index (κ3) is 4.31. The highest BCUT2D eigenvalue weighted by Gasteiger charge is 2.32. The van der Waals surface area contributed by atoms with E-state index in [9.17, 15) is 23.1 Å². The highest BCUT2D eigenvalue weighted by Crippen LogP contribution is 2.33. The number of ether oxygens (including phenoxy) is 1. The van der Waals surface area contributed by atoms with E-state index in [1.807, 2.05) is 6.07 Å². The Morgan fingerprint density at radius 3 is 2.75 bits per heavy atom. The summed E-state index contributed by atoms with van der Waals surface area (Å²) in [5, 5.41) is 16.3. The SMILES string of the molecule is Cc1nn2ccc(OCc3ccccn3)cc2c1C(=O)Nc1cc(C(F)(F)F)cnc1O. The predicted molar refractivity (Wildman–Crippen MR) is 107 cm³/mol. The number of rotatable bonds is 5. The van der Waals surface area contributed by atoms with Crippen molar-refractivity contribution in [3.63, 3.8) is 0 Å². The minimum atomic E-state index is -4.68. The highest BCUT2D eigenvalue weighted by atomic mass is 19.4. The van der Waals surface area contributed by atoms with Crippen molar-refractivity contribution < 1.29 is 27.8 Å². The molecule has 1 amide bonds. The number of hydrogen-bond acceptors (Lipinski definition) is 6. The third-order valence-corrected chi connectivity index (χ3v) is 4.56. The van der Waals surface area contributed by atoms with E-state index in [1.54, 1.807) is 43.6 Å². The van der Waals surface area contributed by atoms with Crippen molar-refractivity contribution in [2.24, 2.45) is 0 Å². The van der Waals surface area contributed by atoms with E-state index in [2.05, 4.69) is 20.4 Å². The van der Waals surface area contributed by atoms with Crippen molar-refractivity contribution in [2.75, 3.05) is 5.32 Å². The zero-order chi connectivity index (χ0) is 22.9. The molecule has 4 aromatic rings. The van der Waals surface area contributed by atoms with Gasteiger partial charge in [0.15, 0.2) is 0 Å². The van der Waals surface area contributed by atoms with Crippen LogP contribution in [-0.2, 0) is 12.8 Å². The molecule has 0 aliphatic heterocycles. The molecule has 4 rings (SSSR count). The van der Waals surface area contributed by atoms with Crippen LogP contribution >= 0.6 is 0 Å². The maximum absolute atomic E-state index is 13.0. The van der Waals surface area contributed by atoms with Crippen LogP contribution in [-0.4, -0.2) is 30.6 Å². The quantitative estimate of drug-likeness (QED) is 0.484. The molecule has 0 atom stereocenters. The van der Waals surface area contributed by atoms with Crippen LogP contribution in [0.25, 0.3) is 5.52 Å². The summed E-state index contributed by atoms with van der Waals surface area (Å²) in [5.41, 5.74) is -0.0343. The summed E-state index contributed by atoms with van der Waals surface area (Å²) in [6.07, 6.45) is -0.962. The van der Waals surface area contributed by atoms with E-state index in [4.69, 9.17) is 4.74 Å². The number of nitrogens with zero attached hydrogens (tertiary/aromatic N) is 4. The molecule has 0 aliphatic carbocycles. The molecule has 0 unspecified atom stereocenters. The molecule has 0 radical (unpaired) electrons. The maximum atomic E-state index is 13.0. The summed E-state index contributed by atoms with van der Waals surface area (Å²) in [5.74, 6) is -1.05. The Kier molecular flexibility index (Phi) is 5.39. The summed E-state index contributed by atoms with van der Waals surface area (Å²) in [6, 6.07) is 9.27. The van der Waals surface area contributed by atoms with Crippen LogP contribution in [0.5, 0.6) is 11.6 Å². The Bertz CT molecular complexity index is 1290. The molecule has 11 heteroatoms. The average molecular weight is 443 g/mol. The van der Waals surface area contributed by atoms with Gasteiger partial charge in [0.05, 0.1) is 28.0 Å². The summed E-state index contributed by atoms with van der Waals surface area (Å²) < 4.78 is 46.0. The van der Waals surface area contributed by atoms with E-state index in [0.29, 0.717) is 34.9 Å². The molecule has 32 heavy (non-hydrogen) atoms. The van der Waals surface area contributed by atoms with Gasteiger partial charge in [-0.2, -0.15) is 18.3 Å². The lowest BCUT2D eigenvalue weighted by Gasteiger charge is -2.11. The molecule has 8 nitrogen and oxygen atoms in total. The Hall–Kier alpha value is -4.15. The second-order valence-electron chi connectivity index (χ2n) is 6.81. The van der Waals surface area contributed by atoms with Gasteiger partial charge in [-0.25, -0.2) is 9.50 Å². The lowest BCUT2D eigenvalue weighted by atomic mass is 10.1. The summed E-state index contributed by atoms with van der Waals surface area (Å²) >= 11 is 0. The predicted octanol–water partition coefficient (Wildman–Crippen LogP) is 3.99. The third-order valence-electron chi connectivity index (χ3n) is 4.56. The number of pyridine rings is 3. The molecular weight excluding hydrogens is 427 g/mol. The van der Waals surface area contributed by atoms with Gasteiger partial charge in [0.1, 0.15) is 18.0 Å². The van der Waals surface area contributed by atoms with Gasteiger partial charge in [-0.15, -0.1) is 0 Å². The molecular formula is C21H16F3N5O3. The van der Waals surface area contributed by atoms with Gasteiger partial charge in [0.25, 0.3) is 5.91 Å². The van der Waals surface area contributed by atoms with Crippen molar-refractivity contribution in [1.29, 1.82) is 0 Å². The number of anilines is 1. The number of alkyl halides is 3. The topological polar surface area (TPSA) is 102 Å². The maximum Gasteiger partial charge on any atom is 0.417 e. The Balaban J connectivity index is 1.62. The van der Waals surface area contributed by atoms with Crippen molar-refractivity contribution in [2.45, 2.75) is 19.7 Å². The fourth-order valence-electron chi connectivity index (χ4n) is 3.04. The van der Waals surface area contributed by atoms with Crippen LogP contribution in [0.1, 0.15) is 27.3 Å². The minimum absolute atomic E-state index is 0.116. The molecule has 0 bridgehead atoms. The zero-order valence-corrected chi connectivity index (χ0v) is 16.6. The van der Waals surface area contributed by atoms with Gasteiger partial charge in [-0.05, 0) is 31.2 Å². The number of aromatic nitrogens is 4. The molecule has 0 saturated heterocycles. The molecule has 0 saturated carbocycles. The van der Waals surface area contributed by atoms with Gasteiger partial charge >= 0.3 is 6.18 Å². The molecule has 164 valence electrons. The van der Waals surface area contributed by atoms with Crippen molar-refractivity contribution in [1.82, 2.24) is 19.6 Å². The van der Waals surface area contributed by atoms with Crippen LogP contribution in [0.15, 0.2) is 55.0 Å². The lowest BCUT2D eigenvalue weighted by Crippen LogP contribution is -2.15. The van der Waals surface area contributed by atoms with Gasteiger partial charge in [0.2, 0.25) is 5.88 Å². The number of carbonyl (C=O) groups is 1. The second kappa shape index (κ2) is 8.17. The Morgan fingerprint density at radius 2 is 2.03 bits per heavy atom. The summed E-state index contributed by atoms with van der Waals surface area (Å²) in [4.78, 5) is 20.4. The van der Waals surface area contributed by atoms with E-state index in [1.165, 1.54) is 4.52 Å². The highest BCUT2D eigenvalue weighted by molar-refractivity contribution is 6.10. The van der Waals surface area contributed by atoms with Crippen molar-refractivity contribution in [3.05, 3.63) is 77.5 Å². The fourth-order valence-corrected chi connectivity index (χ4v) is 3.04. The number of carbonyl (C=O) groups excluding carboxylic acids is 1. The molecule has 0 aromatic carbocycles. The molecule has 4 aromatic heterocycles. The zero-order valence-electron chi connectivity index (χ0n) is 16.6. The number of fused-ring (bicyclic) bond motifs is 1. The van der Waals surface area contributed by atoms with E-state index < -0.39 is 29.2 Å². The van der Waals surface area contributed by atoms with Gasteiger partial charge in [-0.1, -0.05) is 6.07 Å².